The molecule has 3 unspecified atom stereocenters. The first kappa shape index (κ1) is 13.9. The number of carbonyl (C=O) groups is 1. The van der Waals surface area contributed by atoms with Crippen molar-refractivity contribution in [1.29, 1.82) is 0 Å². The molecule has 1 saturated carbocycles. The summed E-state index contributed by atoms with van der Waals surface area (Å²) in [5, 5.41) is 3.39. The van der Waals surface area contributed by atoms with Crippen LogP contribution in [-0.4, -0.2) is 29.6 Å². The van der Waals surface area contributed by atoms with Crippen LogP contribution >= 0.6 is 0 Å². The average molecular weight is 252 g/mol. The van der Waals surface area contributed by atoms with Crippen LogP contribution in [0.2, 0.25) is 0 Å². The summed E-state index contributed by atoms with van der Waals surface area (Å²) in [6, 6.07) is 0.577. The quantitative estimate of drug-likeness (QED) is 0.834. The lowest BCUT2D eigenvalue weighted by Gasteiger charge is -2.34. The van der Waals surface area contributed by atoms with Crippen LogP contribution in [0.15, 0.2) is 0 Å². The molecule has 0 aromatic carbocycles. The molecule has 2 rings (SSSR count). The lowest BCUT2D eigenvalue weighted by Crippen LogP contribution is -2.41. The largest absolute Gasteiger partial charge is 0.326 e. The van der Waals surface area contributed by atoms with E-state index in [-0.39, 0.29) is 6.04 Å². The van der Waals surface area contributed by atoms with Crippen molar-refractivity contribution in [3.8, 4) is 0 Å². The molecule has 1 saturated heterocycles. The summed E-state index contributed by atoms with van der Waals surface area (Å²) < 4.78 is 0. The summed E-state index contributed by atoms with van der Waals surface area (Å²) >= 11 is 0. The van der Waals surface area contributed by atoms with Crippen molar-refractivity contribution in [2.75, 3.05) is 6.67 Å². The van der Waals surface area contributed by atoms with Crippen LogP contribution in [0, 0.1) is 11.8 Å². The van der Waals surface area contributed by atoms with Crippen molar-refractivity contribution in [1.82, 2.24) is 10.2 Å². The van der Waals surface area contributed by atoms with Crippen molar-refractivity contribution >= 4 is 5.91 Å². The summed E-state index contributed by atoms with van der Waals surface area (Å²) in [6.07, 6.45) is 7.32. The van der Waals surface area contributed by atoms with E-state index in [0.29, 0.717) is 17.9 Å². The van der Waals surface area contributed by atoms with Gasteiger partial charge < -0.3 is 4.90 Å². The topological polar surface area (TPSA) is 32.3 Å². The van der Waals surface area contributed by atoms with Gasteiger partial charge in [0.25, 0.3) is 0 Å². The van der Waals surface area contributed by atoms with Gasteiger partial charge in [-0.25, -0.2) is 0 Å². The highest BCUT2D eigenvalue weighted by atomic mass is 16.2. The number of carbonyl (C=O) groups excluding carboxylic acids is 1. The molecule has 1 heterocycles. The van der Waals surface area contributed by atoms with Crippen LogP contribution < -0.4 is 5.32 Å². The second kappa shape index (κ2) is 6.05. The van der Waals surface area contributed by atoms with Gasteiger partial charge >= 0.3 is 0 Å². The van der Waals surface area contributed by atoms with Gasteiger partial charge in [-0.15, -0.1) is 0 Å². The normalized spacial score (nSPS) is 33.4. The smallest absolute Gasteiger partial charge is 0.241 e. The first-order valence-electron chi connectivity index (χ1n) is 7.65. The van der Waals surface area contributed by atoms with E-state index in [1.54, 1.807) is 0 Å². The summed E-state index contributed by atoms with van der Waals surface area (Å²) in [6.45, 7) is 7.42. The minimum absolute atomic E-state index is 0.0759. The van der Waals surface area contributed by atoms with Crippen molar-refractivity contribution in [3.63, 3.8) is 0 Å². The Balaban J connectivity index is 1.92. The number of hydrogen-bond acceptors (Lipinski definition) is 2. The lowest BCUT2D eigenvalue weighted by atomic mass is 9.83. The van der Waals surface area contributed by atoms with Gasteiger partial charge in [0.05, 0.1) is 12.7 Å². The molecule has 1 amide bonds. The molecule has 2 fully saturated rings. The van der Waals surface area contributed by atoms with Gasteiger partial charge in [0, 0.05) is 6.04 Å². The van der Waals surface area contributed by atoms with Crippen LogP contribution in [0.4, 0.5) is 0 Å². The standard InChI is InChI=1S/C15H28N2O/c1-4-12-6-5-7-13(9-12)17-10-16-14(15(17)18)8-11(2)3/h11-14,16H,4-10H2,1-3H3. The van der Waals surface area contributed by atoms with Gasteiger partial charge in [0.15, 0.2) is 0 Å². The van der Waals surface area contributed by atoms with E-state index in [1.807, 2.05) is 0 Å². The maximum absolute atomic E-state index is 12.4. The molecule has 3 heteroatoms. The number of hydrogen-bond donors (Lipinski definition) is 1. The second-order valence-electron chi connectivity index (χ2n) is 6.45. The molecule has 18 heavy (non-hydrogen) atoms. The monoisotopic (exact) mass is 252 g/mol. The third kappa shape index (κ3) is 3.05. The number of nitrogens with one attached hydrogen (secondary N) is 1. The van der Waals surface area contributed by atoms with E-state index < -0.39 is 0 Å². The van der Waals surface area contributed by atoms with Gasteiger partial charge in [-0.05, 0) is 31.1 Å². The van der Waals surface area contributed by atoms with E-state index in [9.17, 15) is 4.79 Å². The maximum atomic E-state index is 12.4. The third-order valence-electron chi connectivity index (χ3n) is 4.57. The molecule has 3 nitrogen and oxygen atoms in total. The molecular weight excluding hydrogens is 224 g/mol. The van der Waals surface area contributed by atoms with E-state index in [4.69, 9.17) is 0 Å². The molecule has 2 aliphatic rings. The predicted molar refractivity (Wildman–Crippen MR) is 74.1 cm³/mol. The van der Waals surface area contributed by atoms with Gasteiger partial charge in [0.1, 0.15) is 0 Å². The van der Waals surface area contributed by atoms with Crippen molar-refractivity contribution in [2.45, 2.75) is 71.4 Å². The van der Waals surface area contributed by atoms with Crippen LogP contribution in [0.25, 0.3) is 0 Å². The third-order valence-corrected chi connectivity index (χ3v) is 4.57. The fourth-order valence-corrected chi connectivity index (χ4v) is 3.46. The molecular formula is C15H28N2O. The molecule has 0 radical (unpaired) electrons. The van der Waals surface area contributed by atoms with E-state index in [2.05, 4.69) is 31.0 Å². The molecule has 0 aromatic heterocycles. The Morgan fingerprint density at radius 3 is 2.83 bits per heavy atom. The zero-order valence-corrected chi connectivity index (χ0v) is 12.1. The van der Waals surface area contributed by atoms with Crippen molar-refractivity contribution in [3.05, 3.63) is 0 Å². The highest BCUT2D eigenvalue weighted by Gasteiger charge is 2.37. The number of amides is 1. The van der Waals surface area contributed by atoms with Crippen LogP contribution in [-0.2, 0) is 4.79 Å². The van der Waals surface area contributed by atoms with E-state index in [0.717, 1.165) is 19.0 Å². The minimum atomic E-state index is 0.0759. The van der Waals surface area contributed by atoms with Crippen molar-refractivity contribution in [2.24, 2.45) is 11.8 Å². The Kier molecular flexibility index (Phi) is 4.66. The Labute approximate surface area is 111 Å². The fourth-order valence-electron chi connectivity index (χ4n) is 3.46. The highest BCUT2D eigenvalue weighted by Crippen LogP contribution is 2.31. The lowest BCUT2D eigenvalue weighted by molar-refractivity contribution is -0.132. The van der Waals surface area contributed by atoms with Crippen molar-refractivity contribution < 1.29 is 4.79 Å². The second-order valence-corrected chi connectivity index (χ2v) is 6.45. The van der Waals surface area contributed by atoms with E-state index >= 15 is 0 Å². The number of nitrogens with zero attached hydrogens (tertiary/aromatic N) is 1. The first-order valence-corrected chi connectivity index (χ1v) is 7.65. The molecule has 0 aromatic rings. The van der Waals surface area contributed by atoms with Crippen LogP contribution in [0.5, 0.6) is 0 Å². The summed E-state index contributed by atoms with van der Waals surface area (Å²) in [5.41, 5.74) is 0. The van der Waals surface area contributed by atoms with Crippen LogP contribution in [0.3, 0.4) is 0 Å². The SMILES string of the molecule is CCC1CCCC(N2CNC(CC(C)C)C2=O)C1. The average Bonchev–Trinajstić information content (AvgIpc) is 2.70. The first-order chi connectivity index (χ1) is 8.61. The predicted octanol–water partition coefficient (Wildman–Crippen LogP) is 2.76. The van der Waals surface area contributed by atoms with E-state index in [1.165, 1.54) is 32.1 Å². The number of rotatable bonds is 4. The Morgan fingerprint density at radius 2 is 2.17 bits per heavy atom. The zero-order chi connectivity index (χ0) is 13.1. The summed E-state index contributed by atoms with van der Waals surface area (Å²) in [4.78, 5) is 14.5. The molecule has 1 aliphatic carbocycles. The minimum Gasteiger partial charge on any atom is -0.326 e. The molecule has 0 spiro atoms. The highest BCUT2D eigenvalue weighted by molar-refractivity contribution is 5.84. The Morgan fingerprint density at radius 1 is 1.39 bits per heavy atom. The Bertz CT molecular complexity index is 290. The van der Waals surface area contributed by atoms with Gasteiger partial charge in [-0.1, -0.05) is 40.0 Å². The Hall–Kier alpha value is -0.570. The molecule has 104 valence electrons. The maximum Gasteiger partial charge on any atom is 0.241 e. The van der Waals surface area contributed by atoms with Gasteiger partial charge in [-0.2, -0.15) is 0 Å². The summed E-state index contributed by atoms with van der Waals surface area (Å²) in [7, 11) is 0. The molecule has 1 aliphatic heterocycles. The fraction of sp³-hybridized carbons (Fsp3) is 0.933. The van der Waals surface area contributed by atoms with Gasteiger partial charge in [0.2, 0.25) is 5.91 Å². The zero-order valence-electron chi connectivity index (χ0n) is 12.1. The molecule has 0 bridgehead atoms. The summed E-state index contributed by atoms with van der Waals surface area (Å²) in [5.74, 6) is 1.77. The molecule has 3 atom stereocenters. The molecule has 1 N–H and O–H groups in total. The van der Waals surface area contributed by atoms with Gasteiger partial charge in [-0.3, -0.25) is 10.1 Å². The van der Waals surface area contributed by atoms with Crippen LogP contribution in [0.1, 0.15) is 59.3 Å².